The normalized spacial score (nSPS) is 17.6. The van der Waals surface area contributed by atoms with Gasteiger partial charge in [0.15, 0.2) is 34.9 Å². The number of hydrogen-bond donors (Lipinski definition) is 0. The molecule has 8 nitrogen and oxygen atoms in total. The molecule has 0 N–H and O–H groups in total. The van der Waals surface area contributed by atoms with Gasteiger partial charge >= 0.3 is 0 Å². The molecule has 0 amide bonds. The molecule has 140 valence electrons. The Hall–Kier alpha value is -3.33. The Morgan fingerprint density at radius 1 is 0.893 bits per heavy atom. The maximum atomic E-state index is 6.05. The number of benzene rings is 2. The predicted molar refractivity (Wildman–Crippen MR) is 100 cm³/mol. The highest BCUT2D eigenvalue weighted by Crippen LogP contribution is 2.38. The summed E-state index contributed by atoms with van der Waals surface area (Å²) in [6.07, 6.45) is -0.375. The predicted octanol–water partition coefficient (Wildman–Crippen LogP) is 3.14. The summed E-state index contributed by atoms with van der Waals surface area (Å²) in [4.78, 5) is 0.697. The van der Waals surface area contributed by atoms with E-state index in [-0.39, 0.29) is 6.10 Å². The first-order valence-corrected chi connectivity index (χ1v) is 9.67. The standard InChI is InChI=1S/C19H14N4O4S/c1-2-4-14-12(3-1)26-10-16(27-14)17-20-21-19-23(17)22-18(28-19)11-5-6-13-15(9-11)25-8-7-24-13/h1-6,9,16H,7-8,10H2/t16-/m1/s1. The van der Waals surface area contributed by atoms with Crippen LogP contribution in [0.15, 0.2) is 42.5 Å². The van der Waals surface area contributed by atoms with Crippen LogP contribution in [0.2, 0.25) is 0 Å². The molecule has 0 saturated carbocycles. The van der Waals surface area contributed by atoms with E-state index in [4.69, 9.17) is 24.0 Å². The summed E-state index contributed by atoms with van der Waals surface area (Å²) in [5, 5.41) is 14.1. The Labute approximate surface area is 163 Å². The third-order valence-electron chi connectivity index (χ3n) is 4.60. The van der Waals surface area contributed by atoms with Gasteiger partial charge in [0.2, 0.25) is 4.96 Å². The maximum absolute atomic E-state index is 6.05. The number of fused-ring (bicyclic) bond motifs is 3. The van der Waals surface area contributed by atoms with Crippen LogP contribution < -0.4 is 18.9 Å². The van der Waals surface area contributed by atoms with Crippen LogP contribution in [0.3, 0.4) is 0 Å². The van der Waals surface area contributed by atoms with Crippen molar-refractivity contribution in [2.24, 2.45) is 0 Å². The van der Waals surface area contributed by atoms with Crippen molar-refractivity contribution in [1.82, 2.24) is 19.8 Å². The van der Waals surface area contributed by atoms with Crippen LogP contribution in [0.4, 0.5) is 0 Å². The van der Waals surface area contributed by atoms with Crippen LogP contribution in [0.5, 0.6) is 23.0 Å². The summed E-state index contributed by atoms with van der Waals surface area (Å²) in [5.41, 5.74) is 0.942. The van der Waals surface area contributed by atoms with Crippen molar-refractivity contribution in [3.05, 3.63) is 48.3 Å². The SMILES string of the molecule is c1ccc2c(c1)OC[C@H](c1nnc3sc(-c4ccc5c(c4)OCCO5)nn13)O2. The number of aromatic nitrogens is 4. The van der Waals surface area contributed by atoms with Crippen molar-refractivity contribution >= 4 is 16.3 Å². The van der Waals surface area contributed by atoms with Gasteiger partial charge in [-0.05, 0) is 30.3 Å². The van der Waals surface area contributed by atoms with Gasteiger partial charge in [0.1, 0.15) is 24.8 Å². The van der Waals surface area contributed by atoms with Gasteiger partial charge in [-0.2, -0.15) is 9.61 Å². The minimum Gasteiger partial charge on any atom is -0.486 e. The van der Waals surface area contributed by atoms with E-state index in [1.165, 1.54) is 11.3 Å². The first kappa shape index (κ1) is 15.7. The van der Waals surface area contributed by atoms with Gasteiger partial charge < -0.3 is 18.9 Å². The van der Waals surface area contributed by atoms with Gasteiger partial charge in [-0.25, -0.2) is 0 Å². The smallest absolute Gasteiger partial charge is 0.235 e. The van der Waals surface area contributed by atoms with E-state index in [1.807, 2.05) is 42.5 Å². The van der Waals surface area contributed by atoms with Crippen LogP contribution in [-0.2, 0) is 0 Å². The Morgan fingerprint density at radius 2 is 1.71 bits per heavy atom. The minimum absolute atomic E-state index is 0.356. The monoisotopic (exact) mass is 394 g/mol. The van der Waals surface area contributed by atoms with Gasteiger partial charge in [0, 0.05) is 5.56 Å². The first-order chi connectivity index (χ1) is 13.8. The molecule has 2 aliphatic rings. The summed E-state index contributed by atoms with van der Waals surface area (Å²) in [7, 11) is 0. The quantitative estimate of drug-likeness (QED) is 0.517. The lowest BCUT2D eigenvalue weighted by Gasteiger charge is -2.24. The van der Waals surface area contributed by atoms with E-state index in [9.17, 15) is 0 Å². The largest absolute Gasteiger partial charge is 0.486 e. The zero-order valence-corrected chi connectivity index (χ0v) is 15.4. The summed E-state index contributed by atoms with van der Waals surface area (Å²) < 4.78 is 24.8. The van der Waals surface area contributed by atoms with Crippen LogP contribution in [0, 0.1) is 0 Å². The molecule has 0 aliphatic carbocycles. The summed E-state index contributed by atoms with van der Waals surface area (Å²) in [6.45, 7) is 1.47. The third kappa shape index (κ3) is 2.47. The fourth-order valence-corrected chi connectivity index (χ4v) is 4.12. The Morgan fingerprint density at radius 3 is 2.64 bits per heavy atom. The van der Waals surface area contributed by atoms with Crippen molar-refractivity contribution in [2.75, 3.05) is 19.8 Å². The molecular weight excluding hydrogens is 380 g/mol. The minimum atomic E-state index is -0.375. The van der Waals surface area contributed by atoms with Gasteiger partial charge in [-0.1, -0.05) is 23.5 Å². The molecule has 2 aromatic heterocycles. The second kappa shape index (κ2) is 6.10. The summed E-state index contributed by atoms with van der Waals surface area (Å²) in [5.74, 6) is 3.53. The fourth-order valence-electron chi connectivity index (χ4n) is 3.27. The molecule has 28 heavy (non-hydrogen) atoms. The topological polar surface area (TPSA) is 80.0 Å². The Bertz CT molecular complexity index is 1190. The Kier molecular flexibility index (Phi) is 3.42. The molecule has 2 aromatic carbocycles. The molecule has 0 saturated heterocycles. The molecule has 0 radical (unpaired) electrons. The van der Waals surface area contributed by atoms with E-state index in [0.717, 1.165) is 27.8 Å². The molecule has 2 aliphatic heterocycles. The van der Waals surface area contributed by atoms with E-state index >= 15 is 0 Å². The molecule has 0 fully saturated rings. The van der Waals surface area contributed by atoms with Crippen molar-refractivity contribution in [3.63, 3.8) is 0 Å². The van der Waals surface area contributed by atoms with Crippen LogP contribution >= 0.6 is 11.3 Å². The molecule has 4 heterocycles. The highest BCUT2D eigenvalue weighted by Gasteiger charge is 2.28. The lowest BCUT2D eigenvalue weighted by molar-refractivity contribution is 0.0836. The lowest BCUT2D eigenvalue weighted by atomic mass is 10.2. The number of para-hydroxylation sites is 2. The fraction of sp³-hybridized carbons (Fsp3) is 0.211. The highest BCUT2D eigenvalue weighted by atomic mass is 32.1. The molecule has 6 rings (SSSR count). The van der Waals surface area contributed by atoms with Crippen LogP contribution in [0.1, 0.15) is 11.9 Å². The molecule has 1 atom stereocenters. The van der Waals surface area contributed by atoms with Crippen molar-refractivity contribution in [1.29, 1.82) is 0 Å². The van der Waals surface area contributed by atoms with E-state index in [2.05, 4.69) is 10.2 Å². The summed E-state index contributed by atoms with van der Waals surface area (Å²) in [6, 6.07) is 13.4. The average Bonchev–Trinajstić information content (AvgIpc) is 3.34. The average molecular weight is 394 g/mol. The molecular formula is C19H14N4O4S. The van der Waals surface area contributed by atoms with Crippen molar-refractivity contribution < 1.29 is 18.9 Å². The number of nitrogens with zero attached hydrogens (tertiary/aromatic N) is 4. The molecule has 0 spiro atoms. The third-order valence-corrected chi connectivity index (χ3v) is 5.55. The van der Waals surface area contributed by atoms with E-state index in [0.29, 0.717) is 36.4 Å². The molecule has 0 bridgehead atoms. The first-order valence-electron chi connectivity index (χ1n) is 8.86. The zero-order chi connectivity index (χ0) is 18.5. The Balaban J connectivity index is 1.35. The number of rotatable bonds is 2. The van der Waals surface area contributed by atoms with Gasteiger partial charge in [0.25, 0.3) is 0 Å². The molecule has 0 unspecified atom stereocenters. The lowest BCUT2D eigenvalue weighted by Crippen LogP contribution is -2.23. The second-order valence-corrected chi connectivity index (χ2v) is 7.34. The second-order valence-electron chi connectivity index (χ2n) is 6.38. The van der Waals surface area contributed by atoms with Crippen LogP contribution in [-0.4, -0.2) is 39.6 Å². The number of hydrogen-bond acceptors (Lipinski definition) is 8. The van der Waals surface area contributed by atoms with E-state index in [1.54, 1.807) is 4.52 Å². The molecule has 4 aromatic rings. The van der Waals surface area contributed by atoms with Crippen molar-refractivity contribution in [3.8, 4) is 33.6 Å². The van der Waals surface area contributed by atoms with Crippen molar-refractivity contribution in [2.45, 2.75) is 6.10 Å². The summed E-state index contributed by atoms with van der Waals surface area (Å²) >= 11 is 1.46. The van der Waals surface area contributed by atoms with Crippen LogP contribution in [0.25, 0.3) is 15.5 Å². The van der Waals surface area contributed by atoms with Gasteiger partial charge in [-0.15, -0.1) is 10.2 Å². The molecule has 9 heteroatoms. The van der Waals surface area contributed by atoms with Gasteiger partial charge in [-0.3, -0.25) is 0 Å². The number of ether oxygens (including phenoxy) is 4. The van der Waals surface area contributed by atoms with E-state index < -0.39 is 0 Å². The highest BCUT2D eigenvalue weighted by molar-refractivity contribution is 7.19. The maximum Gasteiger partial charge on any atom is 0.235 e. The zero-order valence-electron chi connectivity index (χ0n) is 14.6. The van der Waals surface area contributed by atoms with Gasteiger partial charge in [0.05, 0.1) is 0 Å².